The zero-order valence-electron chi connectivity index (χ0n) is 55.1. The summed E-state index contributed by atoms with van der Waals surface area (Å²) in [6.45, 7) is 4.62. The third-order valence-electron chi connectivity index (χ3n) is 18.2. The Morgan fingerprint density at radius 3 is 0.342 bits per heavy atom. The van der Waals surface area contributed by atoms with Gasteiger partial charge in [0.1, 0.15) is 0 Å². The number of hydrogen-bond acceptors (Lipinski definition) is 3. The average Bonchev–Trinajstić information content (AvgIpc) is 3.45. The standard InChI is InChI=1S/C76H150O3/c1-3-5-7-9-11-13-15-17-19-21-23-25-27-29-31-33-35-37-39-41-43-45-47-49-51-53-55-57-59-61-63-65-67-69-71-73-75(77)79-76(78)74-72-70-68-66-64-62-60-58-56-54-52-50-48-46-44-42-40-38-36-34-32-30-28-26-24-22-20-18-16-14-12-10-8-6-4-2/h3-74H2,1-2H3. The molecule has 0 saturated heterocycles. The van der Waals surface area contributed by atoms with Gasteiger partial charge in [0.05, 0.1) is 0 Å². The van der Waals surface area contributed by atoms with Crippen LogP contribution in [-0.2, 0) is 14.3 Å². The molecule has 0 saturated carbocycles. The molecule has 0 rings (SSSR count). The Morgan fingerprint density at radius 2 is 0.241 bits per heavy atom. The lowest BCUT2D eigenvalue weighted by Gasteiger charge is -2.05. The van der Waals surface area contributed by atoms with Gasteiger partial charge in [-0.15, -0.1) is 0 Å². The van der Waals surface area contributed by atoms with E-state index in [-0.39, 0.29) is 11.9 Å². The number of carbonyl (C=O) groups excluding carboxylic acids is 2. The summed E-state index contributed by atoms with van der Waals surface area (Å²) in [6, 6.07) is 0. The average molecular weight is 1110 g/mol. The fourth-order valence-corrected chi connectivity index (χ4v) is 12.6. The highest BCUT2D eigenvalue weighted by Gasteiger charge is 2.10. The summed E-state index contributed by atoms with van der Waals surface area (Å²) in [7, 11) is 0. The van der Waals surface area contributed by atoms with Crippen LogP contribution in [0.3, 0.4) is 0 Å². The number of hydrogen-bond donors (Lipinski definition) is 0. The molecule has 0 aromatic heterocycles. The summed E-state index contributed by atoms with van der Waals surface area (Å²) in [5, 5.41) is 0. The molecule has 0 N–H and O–H groups in total. The first-order chi connectivity index (χ1) is 39.2. The first-order valence-electron chi connectivity index (χ1n) is 37.9. The van der Waals surface area contributed by atoms with Crippen molar-refractivity contribution in [1.29, 1.82) is 0 Å². The smallest absolute Gasteiger partial charge is 0.313 e. The fraction of sp³-hybridized carbons (Fsp3) is 0.974. The van der Waals surface area contributed by atoms with Crippen molar-refractivity contribution in [3.8, 4) is 0 Å². The Labute approximate surface area is 500 Å². The maximum Gasteiger partial charge on any atom is 0.313 e. The van der Waals surface area contributed by atoms with Gasteiger partial charge in [0, 0.05) is 12.8 Å². The van der Waals surface area contributed by atoms with E-state index in [2.05, 4.69) is 13.8 Å². The molecule has 0 unspecified atom stereocenters. The van der Waals surface area contributed by atoms with Gasteiger partial charge in [-0.3, -0.25) is 9.59 Å². The Balaban J connectivity index is 3.21. The van der Waals surface area contributed by atoms with Crippen molar-refractivity contribution in [1.82, 2.24) is 0 Å². The van der Waals surface area contributed by atoms with Crippen LogP contribution in [0.15, 0.2) is 0 Å². The van der Waals surface area contributed by atoms with Crippen molar-refractivity contribution in [3.05, 3.63) is 0 Å². The van der Waals surface area contributed by atoms with E-state index >= 15 is 0 Å². The summed E-state index contributed by atoms with van der Waals surface area (Å²) < 4.78 is 5.12. The predicted octanol–water partition coefficient (Wildman–Crippen LogP) is 28.2. The van der Waals surface area contributed by atoms with Gasteiger partial charge in [-0.1, -0.05) is 450 Å². The summed E-state index contributed by atoms with van der Waals surface area (Å²) in [6.07, 6.45) is 99.4. The summed E-state index contributed by atoms with van der Waals surface area (Å²) >= 11 is 0. The van der Waals surface area contributed by atoms with Gasteiger partial charge < -0.3 is 4.74 Å². The minimum atomic E-state index is -0.313. The fourth-order valence-electron chi connectivity index (χ4n) is 12.6. The molecule has 0 aromatic rings. The molecule has 3 heteroatoms. The van der Waals surface area contributed by atoms with Crippen LogP contribution in [0.2, 0.25) is 0 Å². The first-order valence-corrected chi connectivity index (χ1v) is 37.9. The second-order valence-corrected chi connectivity index (χ2v) is 26.4. The number of unbranched alkanes of at least 4 members (excludes halogenated alkanes) is 68. The highest BCUT2D eigenvalue weighted by atomic mass is 16.6. The molecule has 0 atom stereocenters. The van der Waals surface area contributed by atoms with Gasteiger partial charge in [-0.05, 0) is 12.8 Å². The van der Waals surface area contributed by atoms with Crippen LogP contribution in [0.5, 0.6) is 0 Å². The van der Waals surface area contributed by atoms with E-state index < -0.39 is 0 Å². The normalized spacial score (nSPS) is 11.6. The minimum absolute atomic E-state index is 0.313. The van der Waals surface area contributed by atoms with Crippen molar-refractivity contribution in [2.45, 2.75) is 476 Å². The molecular weight excluding hydrogens is 961 g/mol. The maximum absolute atomic E-state index is 12.2. The Kier molecular flexibility index (Phi) is 72.4. The molecule has 0 radical (unpaired) electrons. The Bertz CT molecular complexity index is 1020. The molecule has 0 aliphatic rings. The van der Waals surface area contributed by atoms with Crippen molar-refractivity contribution in [2.75, 3.05) is 0 Å². The number of rotatable bonds is 72. The molecule has 0 amide bonds. The van der Waals surface area contributed by atoms with Gasteiger partial charge in [-0.2, -0.15) is 0 Å². The van der Waals surface area contributed by atoms with Gasteiger partial charge in [0.25, 0.3) is 0 Å². The number of carbonyl (C=O) groups is 2. The van der Waals surface area contributed by atoms with Crippen LogP contribution in [-0.4, -0.2) is 11.9 Å². The second kappa shape index (κ2) is 73.2. The van der Waals surface area contributed by atoms with Crippen LogP contribution < -0.4 is 0 Å². The zero-order valence-corrected chi connectivity index (χ0v) is 55.1. The van der Waals surface area contributed by atoms with Crippen LogP contribution in [0.1, 0.15) is 476 Å². The van der Waals surface area contributed by atoms with Gasteiger partial charge in [0.2, 0.25) is 0 Å². The Morgan fingerprint density at radius 1 is 0.152 bits per heavy atom. The third kappa shape index (κ3) is 73.2. The molecule has 0 aromatic carbocycles. The van der Waals surface area contributed by atoms with Crippen LogP contribution in [0.25, 0.3) is 0 Å². The predicted molar refractivity (Wildman–Crippen MR) is 355 cm³/mol. The third-order valence-corrected chi connectivity index (χ3v) is 18.2. The van der Waals surface area contributed by atoms with Crippen LogP contribution in [0, 0.1) is 0 Å². The van der Waals surface area contributed by atoms with Crippen molar-refractivity contribution in [3.63, 3.8) is 0 Å². The molecular formula is C76H150O3. The Hall–Kier alpha value is -0.860. The molecule has 3 nitrogen and oxygen atoms in total. The molecule has 0 spiro atoms. The minimum Gasteiger partial charge on any atom is -0.393 e. The maximum atomic E-state index is 12.2. The van der Waals surface area contributed by atoms with Crippen molar-refractivity contribution in [2.24, 2.45) is 0 Å². The number of ether oxygens (including phenoxy) is 1. The monoisotopic (exact) mass is 1110 g/mol. The van der Waals surface area contributed by atoms with Crippen LogP contribution in [0.4, 0.5) is 0 Å². The largest absolute Gasteiger partial charge is 0.393 e. The first kappa shape index (κ1) is 78.1. The molecule has 0 aliphatic carbocycles. The lowest BCUT2D eigenvalue weighted by atomic mass is 10.0. The van der Waals surface area contributed by atoms with E-state index in [0.29, 0.717) is 12.8 Å². The van der Waals surface area contributed by atoms with Crippen molar-refractivity contribution < 1.29 is 14.3 Å². The second-order valence-electron chi connectivity index (χ2n) is 26.4. The summed E-state index contributed by atoms with van der Waals surface area (Å²) in [4.78, 5) is 24.3. The van der Waals surface area contributed by atoms with E-state index in [1.54, 1.807) is 0 Å². The molecule has 0 bridgehead atoms. The van der Waals surface area contributed by atoms with E-state index in [0.717, 1.165) is 25.7 Å². The topological polar surface area (TPSA) is 43.4 Å². The highest BCUT2D eigenvalue weighted by molar-refractivity contribution is 5.85. The van der Waals surface area contributed by atoms with Crippen molar-refractivity contribution >= 4 is 11.9 Å². The van der Waals surface area contributed by atoms with E-state index in [1.165, 1.54) is 424 Å². The van der Waals surface area contributed by atoms with Gasteiger partial charge in [0.15, 0.2) is 0 Å². The van der Waals surface area contributed by atoms with Gasteiger partial charge >= 0.3 is 11.9 Å². The SMILES string of the molecule is CCCCCCCCCCCCCCCCCCCCCCCCCCCCCCCCCCCCCC(=O)OC(=O)CCCCCCCCCCCCCCCCCCCCCCCCCCCCCCCCCCCCC. The molecule has 79 heavy (non-hydrogen) atoms. The van der Waals surface area contributed by atoms with E-state index in [4.69, 9.17) is 4.74 Å². The molecule has 0 fully saturated rings. The summed E-state index contributed by atoms with van der Waals surface area (Å²) in [5.41, 5.74) is 0. The van der Waals surface area contributed by atoms with Crippen LogP contribution >= 0.6 is 0 Å². The quantitative estimate of drug-likeness (QED) is 0.0346. The van der Waals surface area contributed by atoms with Gasteiger partial charge in [-0.25, -0.2) is 0 Å². The summed E-state index contributed by atoms with van der Waals surface area (Å²) in [5.74, 6) is -0.625. The molecule has 472 valence electrons. The lowest BCUT2D eigenvalue weighted by Crippen LogP contribution is -2.11. The zero-order chi connectivity index (χ0) is 56.8. The molecule has 0 heterocycles. The highest BCUT2D eigenvalue weighted by Crippen LogP contribution is 2.21. The number of esters is 2. The van der Waals surface area contributed by atoms with E-state index in [1.807, 2.05) is 0 Å². The molecule has 0 aliphatic heterocycles. The lowest BCUT2D eigenvalue weighted by molar-refractivity contribution is -0.159. The van der Waals surface area contributed by atoms with E-state index in [9.17, 15) is 9.59 Å².